The van der Waals surface area contributed by atoms with Crippen LogP contribution in [0.4, 0.5) is 0 Å². The molecule has 3 rings (SSSR count). The van der Waals surface area contributed by atoms with Gasteiger partial charge in [-0.1, -0.05) is 19.8 Å². The van der Waals surface area contributed by atoms with Crippen LogP contribution in [0, 0.1) is 23.7 Å². The first-order valence-corrected chi connectivity index (χ1v) is 8.76. The zero-order chi connectivity index (χ0) is 16.6. The Kier molecular flexibility index (Phi) is 4.39. The summed E-state index contributed by atoms with van der Waals surface area (Å²) >= 11 is 0. The molecule has 2 nitrogen and oxygen atoms in total. The Labute approximate surface area is 138 Å². The van der Waals surface area contributed by atoms with Gasteiger partial charge in [-0.25, -0.2) is 0 Å². The normalized spacial score (nSPS) is 26.1. The highest BCUT2D eigenvalue weighted by atomic mass is 16.2. The molecule has 0 radical (unpaired) electrons. The van der Waals surface area contributed by atoms with E-state index in [4.69, 9.17) is 0 Å². The summed E-state index contributed by atoms with van der Waals surface area (Å²) in [4.78, 5) is 25.8. The van der Waals surface area contributed by atoms with Gasteiger partial charge in [0, 0.05) is 17.4 Å². The Balaban J connectivity index is 2.15. The summed E-state index contributed by atoms with van der Waals surface area (Å²) in [5.74, 6) is 6.09. The zero-order valence-electron chi connectivity index (χ0n) is 14.2. The lowest BCUT2D eigenvalue weighted by molar-refractivity contribution is -0.136. The summed E-state index contributed by atoms with van der Waals surface area (Å²) in [5.41, 5.74) is 4.23. The predicted molar refractivity (Wildman–Crippen MR) is 91.3 cm³/mol. The molecule has 120 valence electrons. The van der Waals surface area contributed by atoms with Crippen molar-refractivity contribution in [3.05, 3.63) is 34.4 Å². The molecule has 0 amide bonds. The van der Waals surface area contributed by atoms with Gasteiger partial charge in [-0.2, -0.15) is 0 Å². The highest BCUT2D eigenvalue weighted by Gasteiger charge is 2.48. The first-order valence-electron chi connectivity index (χ1n) is 8.76. The van der Waals surface area contributed by atoms with Crippen molar-refractivity contribution in [3.8, 4) is 11.8 Å². The lowest BCUT2D eigenvalue weighted by atomic mass is 9.72. The van der Waals surface area contributed by atoms with Gasteiger partial charge in [0.15, 0.2) is 11.6 Å². The summed E-state index contributed by atoms with van der Waals surface area (Å²) in [5, 5.41) is 0. The molecule has 2 aliphatic carbocycles. The van der Waals surface area contributed by atoms with Crippen LogP contribution in [0.5, 0.6) is 0 Å². The van der Waals surface area contributed by atoms with E-state index in [0.29, 0.717) is 0 Å². The van der Waals surface area contributed by atoms with E-state index in [-0.39, 0.29) is 23.4 Å². The molecule has 2 heteroatoms. The van der Waals surface area contributed by atoms with Gasteiger partial charge in [0.1, 0.15) is 5.92 Å². The molecule has 0 aromatic heterocycles. The Morgan fingerprint density at radius 1 is 1.00 bits per heavy atom. The summed E-state index contributed by atoms with van der Waals surface area (Å²) in [7, 11) is 0. The van der Waals surface area contributed by atoms with Crippen LogP contribution in [0.1, 0.15) is 68.2 Å². The van der Waals surface area contributed by atoms with E-state index in [2.05, 4.69) is 37.8 Å². The molecule has 1 aromatic carbocycles. The van der Waals surface area contributed by atoms with E-state index in [1.54, 1.807) is 0 Å². The first-order chi connectivity index (χ1) is 11.1. The third-order valence-corrected chi connectivity index (χ3v) is 5.48. The second-order valence-corrected chi connectivity index (χ2v) is 6.73. The average Bonchev–Trinajstić information content (AvgIpc) is 3.01. The lowest BCUT2D eigenvalue weighted by Gasteiger charge is -2.29. The third-order valence-electron chi connectivity index (χ3n) is 5.48. The van der Waals surface area contributed by atoms with E-state index in [1.807, 2.05) is 6.92 Å². The molecular weight excluding hydrogens is 284 g/mol. The van der Waals surface area contributed by atoms with E-state index < -0.39 is 5.92 Å². The van der Waals surface area contributed by atoms with Crippen LogP contribution in [0.3, 0.4) is 0 Å². The predicted octanol–water partition coefficient (Wildman–Crippen LogP) is 3.83. The smallest absolute Gasteiger partial charge is 0.150 e. The van der Waals surface area contributed by atoms with Crippen molar-refractivity contribution in [2.45, 2.75) is 58.8 Å². The van der Waals surface area contributed by atoms with Gasteiger partial charge in [0.05, 0.1) is 0 Å². The second kappa shape index (κ2) is 6.32. The number of ketones is 2. The van der Waals surface area contributed by atoms with E-state index >= 15 is 0 Å². The van der Waals surface area contributed by atoms with Crippen LogP contribution in [0.15, 0.2) is 12.1 Å². The number of Topliss-reactive ketones (excluding diaryl/α,β-unsaturated/α-hetero) is 2. The number of hydrogen-bond acceptors (Lipinski definition) is 2. The van der Waals surface area contributed by atoms with Gasteiger partial charge >= 0.3 is 0 Å². The van der Waals surface area contributed by atoms with Crippen molar-refractivity contribution in [1.82, 2.24) is 0 Å². The van der Waals surface area contributed by atoms with Crippen molar-refractivity contribution >= 4 is 11.6 Å². The van der Waals surface area contributed by atoms with Crippen LogP contribution in [-0.4, -0.2) is 11.6 Å². The van der Waals surface area contributed by atoms with E-state index in [1.165, 1.54) is 0 Å². The van der Waals surface area contributed by atoms with Crippen LogP contribution in [0.25, 0.3) is 0 Å². The number of carbonyl (C=O) groups is 2. The van der Waals surface area contributed by atoms with Gasteiger partial charge in [-0.3, -0.25) is 9.59 Å². The summed E-state index contributed by atoms with van der Waals surface area (Å²) in [6.07, 6.45) is 4.24. The van der Waals surface area contributed by atoms with Crippen LogP contribution in [-0.2, 0) is 22.4 Å². The fourth-order valence-corrected chi connectivity index (χ4v) is 4.35. The molecule has 2 fully saturated rings. The maximum atomic E-state index is 12.9. The van der Waals surface area contributed by atoms with E-state index in [9.17, 15) is 9.59 Å². The molecule has 0 N–H and O–H groups in total. The molecule has 2 aliphatic rings. The Hall–Kier alpha value is -1.88. The standard InChI is InChI=1S/C21H24O2/c1-4-7-13-10-14(5-2)18(15(6-3)11-13)19-20(22)16-8-9-17(12-16)21(19)23/h10-11,16-17,19H,5-6,8-9,12H2,1-3H3. The lowest BCUT2D eigenvalue weighted by Crippen LogP contribution is -2.36. The Bertz CT molecular complexity index is 670. The molecular formula is C21H24O2. The van der Waals surface area contributed by atoms with Crippen molar-refractivity contribution in [2.24, 2.45) is 11.8 Å². The number of hydrogen-bond donors (Lipinski definition) is 0. The number of benzene rings is 1. The minimum absolute atomic E-state index is 0.104. The highest BCUT2D eigenvalue weighted by Crippen LogP contribution is 2.45. The largest absolute Gasteiger partial charge is 0.298 e. The second-order valence-electron chi connectivity index (χ2n) is 6.73. The maximum absolute atomic E-state index is 12.9. The molecule has 2 unspecified atom stereocenters. The topological polar surface area (TPSA) is 34.1 Å². The quantitative estimate of drug-likeness (QED) is 0.628. The summed E-state index contributed by atoms with van der Waals surface area (Å²) in [6, 6.07) is 4.14. The van der Waals surface area contributed by atoms with Crippen LogP contribution >= 0.6 is 0 Å². The van der Waals surface area contributed by atoms with Crippen molar-refractivity contribution in [1.29, 1.82) is 0 Å². The Morgan fingerprint density at radius 3 is 1.96 bits per heavy atom. The van der Waals surface area contributed by atoms with Gasteiger partial charge in [-0.05, 0) is 67.9 Å². The Morgan fingerprint density at radius 2 is 1.52 bits per heavy atom. The van der Waals surface area contributed by atoms with Gasteiger partial charge in [0.2, 0.25) is 0 Å². The highest BCUT2D eigenvalue weighted by molar-refractivity contribution is 6.12. The van der Waals surface area contributed by atoms with Crippen molar-refractivity contribution in [2.75, 3.05) is 0 Å². The SMILES string of the molecule is CC#Cc1cc(CC)c(C2C(=O)C3CCC(C3)C2=O)c(CC)c1. The minimum Gasteiger partial charge on any atom is -0.298 e. The zero-order valence-corrected chi connectivity index (χ0v) is 14.2. The van der Waals surface area contributed by atoms with Crippen molar-refractivity contribution in [3.63, 3.8) is 0 Å². The molecule has 0 aliphatic heterocycles. The molecule has 0 spiro atoms. The minimum atomic E-state index is -0.519. The fourth-order valence-electron chi connectivity index (χ4n) is 4.35. The molecule has 1 aromatic rings. The van der Waals surface area contributed by atoms with Crippen LogP contribution < -0.4 is 0 Å². The van der Waals surface area contributed by atoms with Gasteiger partial charge in [-0.15, -0.1) is 5.92 Å². The molecule has 2 atom stereocenters. The molecule has 0 heterocycles. The van der Waals surface area contributed by atoms with Gasteiger partial charge in [0.25, 0.3) is 0 Å². The summed E-state index contributed by atoms with van der Waals surface area (Å²) < 4.78 is 0. The molecule has 2 saturated carbocycles. The van der Waals surface area contributed by atoms with Crippen molar-refractivity contribution < 1.29 is 9.59 Å². The number of fused-ring (bicyclic) bond motifs is 2. The number of rotatable bonds is 3. The van der Waals surface area contributed by atoms with E-state index in [0.717, 1.165) is 54.4 Å². The summed E-state index contributed by atoms with van der Waals surface area (Å²) in [6.45, 7) is 6.01. The van der Waals surface area contributed by atoms with Gasteiger partial charge < -0.3 is 0 Å². The molecule has 23 heavy (non-hydrogen) atoms. The number of aryl methyl sites for hydroxylation is 2. The third kappa shape index (κ3) is 2.63. The monoisotopic (exact) mass is 308 g/mol. The average molecular weight is 308 g/mol. The van der Waals surface area contributed by atoms with Crippen LogP contribution in [0.2, 0.25) is 0 Å². The molecule has 2 bridgehead atoms. The fraction of sp³-hybridized carbons (Fsp3) is 0.524. The maximum Gasteiger partial charge on any atom is 0.150 e. The first kappa shape index (κ1) is 16.0. The molecule has 0 saturated heterocycles. The number of carbonyl (C=O) groups excluding carboxylic acids is 2.